The monoisotopic (exact) mass is 291 g/mol. The molecule has 4 heteroatoms. The maximum absolute atomic E-state index is 14.2. The average Bonchev–Trinajstić information content (AvgIpc) is 2.84. The van der Waals surface area contributed by atoms with Crippen LogP contribution in [-0.2, 0) is 4.74 Å². The Morgan fingerprint density at radius 1 is 1.38 bits per heavy atom. The number of ether oxygens (including phenoxy) is 1. The van der Waals surface area contributed by atoms with Gasteiger partial charge < -0.3 is 9.64 Å². The molecule has 21 heavy (non-hydrogen) atoms. The summed E-state index contributed by atoms with van der Waals surface area (Å²) in [6.45, 7) is 5.29. The summed E-state index contributed by atoms with van der Waals surface area (Å²) in [6, 6.07) is 4.90. The molecule has 3 rings (SSSR count). The summed E-state index contributed by atoms with van der Waals surface area (Å²) in [5, 5.41) is 0. The van der Waals surface area contributed by atoms with Crippen molar-refractivity contribution in [2.45, 2.75) is 51.2 Å². The smallest absolute Gasteiger partial charge is 0.254 e. The molecule has 0 saturated carbocycles. The number of hydrogen-bond acceptors (Lipinski definition) is 2. The van der Waals surface area contributed by atoms with Crippen LogP contribution in [0.3, 0.4) is 0 Å². The Balaban J connectivity index is 1.77. The summed E-state index contributed by atoms with van der Waals surface area (Å²) >= 11 is 0. The van der Waals surface area contributed by atoms with Crippen molar-refractivity contribution in [1.29, 1.82) is 0 Å². The summed E-state index contributed by atoms with van der Waals surface area (Å²) in [6.07, 6.45) is 3.26. The van der Waals surface area contributed by atoms with Crippen molar-refractivity contribution >= 4 is 5.91 Å². The van der Waals surface area contributed by atoms with Crippen LogP contribution in [0.1, 0.15) is 54.9 Å². The minimum atomic E-state index is -0.272. The van der Waals surface area contributed by atoms with E-state index in [0.29, 0.717) is 24.2 Å². The molecule has 2 aliphatic heterocycles. The fourth-order valence-electron chi connectivity index (χ4n) is 3.24. The van der Waals surface area contributed by atoms with Gasteiger partial charge in [0, 0.05) is 18.7 Å². The first-order chi connectivity index (χ1) is 10.1. The molecule has 1 aromatic carbocycles. The van der Waals surface area contributed by atoms with E-state index in [4.69, 9.17) is 4.74 Å². The predicted octanol–water partition coefficient (Wildman–Crippen LogP) is 3.34. The van der Waals surface area contributed by atoms with Crippen LogP contribution in [0.5, 0.6) is 0 Å². The average molecular weight is 291 g/mol. The fraction of sp³-hybridized carbons (Fsp3) is 0.588. The van der Waals surface area contributed by atoms with Crippen LogP contribution in [0.15, 0.2) is 18.2 Å². The summed E-state index contributed by atoms with van der Waals surface area (Å²) in [5.74, 6) is -0.176. The Bertz CT molecular complexity index is 534. The van der Waals surface area contributed by atoms with Gasteiger partial charge in [-0.05, 0) is 42.9 Å². The quantitative estimate of drug-likeness (QED) is 0.855. The van der Waals surface area contributed by atoms with Crippen molar-refractivity contribution < 1.29 is 13.9 Å². The maximum Gasteiger partial charge on any atom is 0.254 e. The van der Waals surface area contributed by atoms with E-state index in [0.717, 1.165) is 19.3 Å². The zero-order chi connectivity index (χ0) is 15.0. The summed E-state index contributed by atoms with van der Waals surface area (Å²) in [5.41, 5.74) is 1.14. The number of likely N-dealkylation sites (tertiary alicyclic amines) is 1. The van der Waals surface area contributed by atoms with Gasteiger partial charge >= 0.3 is 0 Å². The molecule has 3 unspecified atom stereocenters. The molecule has 0 aromatic heterocycles. The second-order valence-corrected chi connectivity index (χ2v) is 6.21. The van der Waals surface area contributed by atoms with Crippen molar-refractivity contribution in [2.24, 2.45) is 0 Å². The Hall–Kier alpha value is -1.42. The predicted molar refractivity (Wildman–Crippen MR) is 78.9 cm³/mol. The summed E-state index contributed by atoms with van der Waals surface area (Å²) < 4.78 is 19.9. The lowest BCUT2D eigenvalue weighted by Gasteiger charge is -2.32. The first kappa shape index (κ1) is 14.5. The highest BCUT2D eigenvalue weighted by molar-refractivity contribution is 5.94. The van der Waals surface area contributed by atoms with Crippen molar-refractivity contribution in [1.82, 2.24) is 4.90 Å². The molecule has 2 fully saturated rings. The van der Waals surface area contributed by atoms with Gasteiger partial charge in [0.1, 0.15) is 5.82 Å². The molecule has 2 heterocycles. The van der Waals surface area contributed by atoms with Crippen LogP contribution in [-0.4, -0.2) is 36.1 Å². The highest BCUT2D eigenvalue weighted by atomic mass is 19.1. The minimum Gasteiger partial charge on any atom is -0.371 e. The third-order valence-electron chi connectivity index (χ3n) is 4.72. The number of carbonyl (C=O) groups excluding carboxylic acids is 1. The summed E-state index contributed by atoms with van der Waals surface area (Å²) in [4.78, 5) is 14.3. The van der Waals surface area contributed by atoms with Gasteiger partial charge in [0.25, 0.3) is 5.91 Å². The van der Waals surface area contributed by atoms with E-state index >= 15 is 0 Å². The molecule has 3 atom stereocenters. The lowest BCUT2D eigenvalue weighted by atomic mass is 9.96. The van der Waals surface area contributed by atoms with Gasteiger partial charge in [-0.15, -0.1) is 0 Å². The number of rotatable bonds is 3. The van der Waals surface area contributed by atoms with E-state index in [9.17, 15) is 9.18 Å². The zero-order valence-corrected chi connectivity index (χ0v) is 12.6. The van der Waals surface area contributed by atoms with Crippen molar-refractivity contribution in [2.75, 3.05) is 13.1 Å². The third kappa shape index (κ3) is 2.82. The molecule has 0 N–H and O–H groups in total. The molecule has 3 nitrogen and oxygen atoms in total. The number of morpholine rings is 1. The summed E-state index contributed by atoms with van der Waals surface area (Å²) in [7, 11) is 0. The van der Waals surface area contributed by atoms with Gasteiger partial charge in [-0.2, -0.15) is 0 Å². The number of hydrogen-bond donors (Lipinski definition) is 0. The molecule has 2 aliphatic rings. The van der Waals surface area contributed by atoms with Gasteiger partial charge in [-0.1, -0.05) is 19.9 Å². The number of benzene rings is 1. The first-order valence-electron chi connectivity index (χ1n) is 7.82. The second kappa shape index (κ2) is 5.76. The SMILES string of the molecule is CCC(C)c1ccc(C(=O)N2CC3CCC(C2)O3)cc1F. The van der Waals surface area contributed by atoms with Crippen LogP contribution in [0.4, 0.5) is 4.39 Å². The van der Waals surface area contributed by atoms with E-state index in [1.165, 1.54) is 6.07 Å². The second-order valence-electron chi connectivity index (χ2n) is 6.21. The zero-order valence-electron chi connectivity index (χ0n) is 12.6. The largest absolute Gasteiger partial charge is 0.371 e. The molecule has 0 spiro atoms. The van der Waals surface area contributed by atoms with Crippen molar-refractivity contribution in [3.8, 4) is 0 Å². The van der Waals surface area contributed by atoms with Crippen molar-refractivity contribution in [3.63, 3.8) is 0 Å². The third-order valence-corrected chi connectivity index (χ3v) is 4.72. The van der Waals surface area contributed by atoms with Gasteiger partial charge in [0.15, 0.2) is 0 Å². The molecule has 2 saturated heterocycles. The molecule has 2 bridgehead atoms. The fourth-order valence-corrected chi connectivity index (χ4v) is 3.24. The highest BCUT2D eigenvalue weighted by Crippen LogP contribution is 2.28. The van der Waals surface area contributed by atoms with E-state index in [2.05, 4.69) is 0 Å². The minimum absolute atomic E-state index is 0.0789. The van der Waals surface area contributed by atoms with E-state index in [1.807, 2.05) is 18.7 Å². The van der Waals surface area contributed by atoms with Crippen LogP contribution < -0.4 is 0 Å². The van der Waals surface area contributed by atoms with Gasteiger partial charge in [-0.25, -0.2) is 4.39 Å². The number of halogens is 1. The standard InChI is InChI=1S/C17H22FNO2/c1-3-11(2)15-7-4-12(8-16(15)18)17(20)19-9-13-5-6-14(10-19)21-13/h4,7-8,11,13-14H,3,5-6,9-10H2,1-2H3. The van der Waals surface area contributed by atoms with Gasteiger partial charge in [-0.3, -0.25) is 4.79 Å². The topological polar surface area (TPSA) is 29.5 Å². The molecular weight excluding hydrogens is 269 g/mol. The molecule has 0 aliphatic carbocycles. The molecule has 0 radical (unpaired) electrons. The normalized spacial score (nSPS) is 26.0. The van der Waals surface area contributed by atoms with Gasteiger partial charge in [0.05, 0.1) is 12.2 Å². The highest BCUT2D eigenvalue weighted by Gasteiger charge is 2.36. The number of amides is 1. The Kier molecular flexibility index (Phi) is 3.98. The molecule has 114 valence electrons. The Morgan fingerprint density at radius 3 is 2.62 bits per heavy atom. The van der Waals surface area contributed by atoms with E-state index < -0.39 is 0 Å². The van der Waals surface area contributed by atoms with Crippen molar-refractivity contribution in [3.05, 3.63) is 35.1 Å². The van der Waals surface area contributed by atoms with Gasteiger partial charge in [0.2, 0.25) is 0 Å². The Morgan fingerprint density at radius 2 is 2.05 bits per heavy atom. The van der Waals surface area contributed by atoms with Crippen LogP contribution in [0, 0.1) is 5.82 Å². The van der Waals surface area contributed by atoms with Crippen LogP contribution in [0.2, 0.25) is 0 Å². The van der Waals surface area contributed by atoms with E-state index in [-0.39, 0.29) is 29.9 Å². The lowest BCUT2D eigenvalue weighted by molar-refractivity contribution is -0.0303. The molecule has 1 aromatic rings. The van der Waals surface area contributed by atoms with Crippen LogP contribution >= 0.6 is 0 Å². The lowest BCUT2D eigenvalue weighted by Crippen LogP contribution is -2.45. The Labute approximate surface area is 125 Å². The molecule has 1 amide bonds. The number of nitrogens with zero attached hydrogens (tertiary/aromatic N) is 1. The number of fused-ring (bicyclic) bond motifs is 2. The molecular formula is C17H22FNO2. The van der Waals surface area contributed by atoms with E-state index in [1.54, 1.807) is 12.1 Å². The maximum atomic E-state index is 14.2. The number of carbonyl (C=O) groups is 1. The van der Waals surface area contributed by atoms with Crippen LogP contribution in [0.25, 0.3) is 0 Å². The first-order valence-corrected chi connectivity index (χ1v) is 7.82.